The molecule has 0 unspecified atom stereocenters. The minimum atomic E-state index is -0.860. The van der Waals surface area contributed by atoms with E-state index in [1.165, 1.54) is 11.0 Å². The molecule has 2 aromatic carbocycles. The first-order valence-electron chi connectivity index (χ1n) is 26.2. The van der Waals surface area contributed by atoms with Crippen molar-refractivity contribution in [3.05, 3.63) is 113 Å². The van der Waals surface area contributed by atoms with Crippen molar-refractivity contribution in [2.75, 3.05) is 88.6 Å². The zero-order chi connectivity index (χ0) is 53.3. The van der Waals surface area contributed by atoms with Crippen molar-refractivity contribution in [2.24, 2.45) is 11.3 Å². The lowest BCUT2D eigenvalue weighted by Crippen LogP contribution is -2.50. The monoisotopic (exact) mass is 1060 g/mol. The Morgan fingerprint density at radius 2 is 1.68 bits per heavy atom. The number of aromatic nitrogens is 5. The molecule has 0 spiro atoms. The van der Waals surface area contributed by atoms with Gasteiger partial charge in [-0.1, -0.05) is 63.2 Å². The molecule has 0 bridgehead atoms. The third-order valence-corrected chi connectivity index (χ3v) is 15.4. The van der Waals surface area contributed by atoms with Gasteiger partial charge in [-0.15, -0.1) is 16.4 Å². The number of β-amino-alcohol motifs (C(OH)–C–C–N with tert-alkyl or cyclic N) is 1. The van der Waals surface area contributed by atoms with Crippen LogP contribution in [0.1, 0.15) is 69.3 Å². The molecule has 0 aliphatic carbocycles. The van der Waals surface area contributed by atoms with E-state index in [-0.39, 0.29) is 94.3 Å². The Morgan fingerprint density at radius 1 is 0.895 bits per heavy atom. The average molecular weight is 1060 g/mol. The fraction of sp³-hybridized carbons (Fsp3) is 0.464. The molecule has 20 heteroatoms. The van der Waals surface area contributed by atoms with E-state index in [2.05, 4.69) is 35.3 Å². The van der Waals surface area contributed by atoms with Gasteiger partial charge in [0, 0.05) is 71.1 Å². The van der Waals surface area contributed by atoms with E-state index in [0.29, 0.717) is 38.4 Å². The molecule has 3 fully saturated rings. The van der Waals surface area contributed by atoms with Crippen molar-refractivity contribution in [1.82, 2.24) is 45.0 Å². The summed E-state index contributed by atoms with van der Waals surface area (Å²) in [4.78, 5) is 76.6. The highest BCUT2D eigenvalue weighted by atomic mass is 32.1. The standard InChI is InChI=1S/C56H68FN11O7S/c1-37-53(76-36-61-37)39-15-13-38(14-16-39)31-60-54(72)47-30-42(69)33-67(47)55(73)44(56(2,3)4)29-43(70)35-75-27-26-74-25-19-58-52(71)34-64-21-23-65(24-22-64)50-12-6-10-45(62-50)48-32-59-49-17-18-51(63-68(48)49)66-20-7-11-46(66)40-8-5-9-41(57)28-40/h5-6,8-10,12-18,28,32,36,42,44,46-47,69H,7,11,19-27,29-31,33-35H2,1-4H3,(H,58,71)(H,60,72)/t42-,44-,46-,47+/m1/s1. The van der Waals surface area contributed by atoms with E-state index in [1.807, 2.05) is 98.4 Å². The molecule has 4 aromatic heterocycles. The van der Waals surface area contributed by atoms with Crippen LogP contribution >= 0.6 is 11.3 Å². The lowest BCUT2D eigenvalue weighted by Gasteiger charge is -2.35. The number of amides is 3. The number of hydrogen-bond donors (Lipinski definition) is 3. The average Bonchev–Trinajstić information content (AvgIpc) is 4.25. The zero-order valence-corrected chi connectivity index (χ0v) is 44.5. The molecule has 3 aliphatic rings. The number of carbonyl (C=O) groups is 4. The summed E-state index contributed by atoms with van der Waals surface area (Å²) in [7, 11) is 0. The fourth-order valence-electron chi connectivity index (χ4n) is 10.3. The number of benzene rings is 2. The fourth-order valence-corrected chi connectivity index (χ4v) is 11.1. The van der Waals surface area contributed by atoms with Crippen LogP contribution in [0.2, 0.25) is 0 Å². The molecular formula is C56H68FN11O7S. The first kappa shape index (κ1) is 54.1. The molecule has 9 rings (SSSR count). The number of halogens is 1. The number of aryl methyl sites for hydroxylation is 1. The first-order chi connectivity index (χ1) is 36.7. The molecule has 18 nitrogen and oxygen atoms in total. The van der Waals surface area contributed by atoms with Gasteiger partial charge in [0.1, 0.15) is 35.8 Å². The summed E-state index contributed by atoms with van der Waals surface area (Å²) < 4.78 is 27.3. The number of nitrogens with one attached hydrogen (secondary N) is 2. The first-order valence-corrected chi connectivity index (χ1v) is 27.1. The molecule has 0 radical (unpaired) electrons. The molecule has 3 aliphatic heterocycles. The number of Topliss-reactive ketones (excluding diaryl/α,β-unsaturated/α-hetero) is 1. The smallest absolute Gasteiger partial charge is 0.243 e. The highest BCUT2D eigenvalue weighted by molar-refractivity contribution is 7.13. The number of ether oxygens (including phenoxy) is 2. The molecule has 3 N–H and O–H groups in total. The molecule has 76 heavy (non-hydrogen) atoms. The Morgan fingerprint density at radius 3 is 2.45 bits per heavy atom. The maximum absolute atomic E-state index is 14.1. The summed E-state index contributed by atoms with van der Waals surface area (Å²) in [5, 5.41) is 21.5. The lowest BCUT2D eigenvalue weighted by molar-refractivity contribution is -0.146. The topological polar surface area (TPSA) is 200 Å². The minimum Gasteiger partial charge on any atom is -0.391 e. The SMILES string of the molecule is Cc1ncsc1-c1ccc(CNC(=O)[C@@H]2C[C@@H](O)CN2C(=O)[C@@H](CC(=O)COCCOCCNC(=O)CN2CCN(c3cccc(-c4cnc5ccc(N6CCC[C@@H]6c6cccc(F)c6)nn45)n3)CC2)C(C)(C)C)cc1. The van der Waals surface area contributed by atoms with E-state index in [0.717, 1.165) is 69.7 Å². The van der Waals surface area contributed by atoms with E-state index in [1.54, 1.807) is 29.7 Å². The quantitative estimate of drug-likeness (QED) is 0.0723. The maximum Gasteiger partial charge on any atom is 0.243 e. The van der Waals surface area contributed by atoms with E-state index in [4.69, 9.17) is 19.6 Å². The highest BCUT2D eigenvalue weighted by Gasteiger charge is 2.44. The summed E-state index contributed by atoms with van der Waals surface area (Å²) in [6.07, 6.45) is 2.87. The summed E-state index contributed by atoms with van der Waals surface area (Å²) >= 11 is 1.57. The van der Waals surface area contributed by atoms with Crippen molar-refractivity contribution in [3.63, 3.8) is 0 Å². The van der Waals surface area contributed by atoms with Crippen LogP contribution in [0.15, 0.2) is 90.6 Å². The van der Waals surface area contributed by atoms with Gasteiger partial charge in [0.2, 0.25) is 17.7 Å². The Hall–Kier alpha value is -6.71. The van der Waals surface area contributed by atoms with Gasteiger partial charge in [-0.05, 0) is 78.3 Å². The van der Waals surface area contributed by atoms with Crippen LogP contribution in [0, 0.1) is 24.1 Å². The number of anilines is 2. The Kier molecular flexibility index (Phi) is 17.5. The molecule has 0 saturated carbocycles. The van der Waals surface area contributed by atoms with Crippen LogP contribution in [0.25, 0.3) is 27.5 Å². The van der Waals surface area contributed by atoms with Crippen LogP contribution in [0.3, 0.4) is 0 Å². The largest absolute Gasteiger partial charge is 0.391 e. The number of aliphatic hydroxyl groups is 1. The van der Waals surface area contributed by atoms with Crippen molar-refractivity contribution < 1.29 is 38.1 Å². The third-order valence-electron chi connectivity index (χ3n) is 14.5. The third kappa shape index (κ3) is 13.3. The van der Waals surface area contributed by atoms with Crippen LogP contribution in [-0.2, 0) is 35.2 Å². The van der Waals surface area contributed by atoms with Crippen LogP contribution in [0.5, 0.6) is 0 Å². The van der Waals surface area contributed by atoms with E-state index in [9.17, 15) is 28.7 Å². The number of piperazine rings is 1. The number of pyridine rings is 1. The molecule has 402 valence electrons. The second-order valence-corrected chi connectivity index (χ2v) is 21.8. The molecule has 4 atom stereocenters. The van der Waals surface area contributed by atoms with Gasteiger partial charge in [-0.25, -0.2) is 23.9 Å². The molecule has 6 aromatic rings. The van der Waals surface area contributed by atoms with Crippen molar-refractivity contribution in [2.45, 2.75) is 78.1 Å². The van der Waals surface area contributed by atoms with Crippen LogP contribution in [0.4, 0.5) is 16.0 Å². The van der Waals surface area contributed by atoms with Crippen molar-refractivity contribution >= 4 is 52.1 Å². The van der Waals surface area contributed by atoms with Gasteiger partial charge in [-0.2, -0.15) is 0 Å². The Bertz CT molecular complexity index is 2970. The van der Waals surface area contributed by atoms with Gasteiger partial charge in [0.05, 0.1) is 66.5 Å². The summed E-state index contributed by atoms with van der Waals surface area (Å²) in [5.74, 6) is -0.400. The molecule has 3 saturated heterocycles. The highest BCUT2D eigenvalue weighted by Crippen LogP contribution is 2.37. The minimum absolute atomic E-state index is 0.0101. The summed E-state index contributed by atoms with van der Waals surface area (Å²) in [6, 6.07) is 23.7. The number of likely N-dealkylation sites (tertiary alicyclic amines) is 1. The second kappa shape index (κ2) is 24.5. The van der Waals surface area contributed by atoms with Crippen molar-refractivity contribution in [1.29, 1.82) is 0 Å². The number of nitrogens with zero attached hydrogens (tertiary/aromatic N) is 9. The zero-order valence-electron chi connectivity index (χ0n) is 43.7. The molecular weight excluding hydrogens is 990 g/mol. The predicted octanol–water partition coefficient (Wildman–Crippen LogP) is 5.87. The number of thiazole rings is 1. The number of rotatable bonds is 21. The Labute approximate surface area is 446 Å². The Balaban J connectivity index is 0.659. The van der Waals surface area contributed by atoms with Gasteiger partial charge in [0.15, 0.2) is 11.4 Å². The normalized spacial score (nSPS) is 18.6. The molecule has 3 amide bonds. The maximum atomic E-state index is 14.1. The van der Waals surface area contributed by atoms with Gasteiger partial charge in [0.25, 0.3) is 0 Å². The number of fused-ring (bicyclic) bond motifs is 1. The molecule has 7 heterocycles. The van der Waals surface area contributed by atoms with Crippen molar-refractivity contribution in [3.8, 4) is 21.8 Å². The van der Waals surface area contributed by atoms with E-state index >= 15 is 0 Å². The van der Waals surface area contributed by atoms with Gasteiger partial charge < -0.3 is 39.9 Å². The second-order valence-electron chi connectivity index (χ2n) is 20.9. The van der Waals surface area contributed by atoms with Crippen LogP contribution < -0.4 is 20.4 Å². The number of hydrogen-bond acceptors (Lipinski definition) is 15. The predicted molar refractivity (Wildman–Crippen MR) is 288 cm³/mol. The lowest BCUT2D eigenvalue weighted by atomic mass is 9.77. The summed E-state index contributed by atoms with van der Waals surface area (Å²) in [5.41, 5.74) is 7.28. The summed E-state index contributed by atoms with van der Waals surface area (Å²) in [6.45, 7) is 12.5. The van der Waals surface area contributed by atoms with Crippen LogP contribution in [-0.4, -0.2) is 154 Å². The van der Waals surface area contributed by atoms with Gasteiger partial charge >= 0.3 is 0 Å². The number of imidazole rings is 1. The van der Waals surface area contributed by atoms with E-state index < -0.39 is 23.5 Å². The number of ketones is 1. The van der Waals surface area contributed by atoms with Gasteiger partial charge in [-0.3, -0.25) is 24.1 Å². The number of aliphatic hydroxyl groups excluding tert-OH is 1. The number of carbonyl (C=O) groups excluding carboxylic acids is 4.